The van der Waals surface area contributed by atoms with Gasteiger partial charge in [0.05, 0.1) is 6.61 Å². The van der Waals surface area contributed by atoms with Crippen molar-refractivity contribution in [2.24, 2.45) is 0 Å². The van der Waals surface area contributed by atoms with E-state index in [9.17, 15) is 8.96 Å². The lowest BCUT2D eigenvalue weighted by atomic mass is 10.2. The molecule has 4 atom stereocenters. The van der Waals surface area contributed by atoms with Crippen LogP contribution in [0.15, 0.2) is 0 Å². The van der Waals surface area contributed by atoms with Crippen LogP contribution in [0.1, 0.15) is 0 Å². The van der Waals surface area contributed by atoms with E-state index in [4.69, 9.17) is 20.0 Å². The van der Waals surface area contributed by atoms with Gasteiger partial charge in [-0.2, -0.15) is 0 Å². The molecule has 1 aliphatic heterocycles. The number of hydrogen-bond donors (Lipinski definition) is 4. The molecule has 0 aliphatic carbocycles. The Morgan fingerprint density at radius 3 is 2.36 bits per heavy atom. The molecule has 0 aromatic carbocycles. The van der Waals surface area contributed by atoms with Crippen LogP contribution in [0.4, 0.5) is 4.39 Å². The SMILES string of the molecule is O=P(O)(O)OCC1OC(O)C(O)C1F. The first kappa shape index (κ1) is 12.0. The summed E-state index contributed by atoms with van der Waals surface area (Å²) in [6.45, 7) is -0.737. The first-order valence-electron chi connectivity index (χ1n) is 3.67. The second kappa shape index (κ2) is 4.19. The van der Waals surface area contributed by atoms with Gasteiger partial charge in [-0.15, -0.1) is 0 Å². The zero-order valence-corrected chi connectivity index (χ0v) is 7.75. The van der Waals surface area contributed by atoms with Crippen LogP contribution in [0.5, 0.6) is 0 Å². The number of aliphatic hydroxyl groups is 2. The van der Waals surface area contributed by atoms with Crippen molar-refractivity contribution in [3.05, 3.63) is 0 Å². The maximum Gasteiger partial charge on any atom is 0.469 e. The summed E-state index contributed by atoms with van der Waals surface area (Å²) < 4.78 is 31.6. The zero-order chi connectivity index (χ0) is 10.9. The van der Waals surface area contributed by atoms with Crippen LogP contribution in [0.2, 0.25) is 0 Å². The molecule has 84 valence electrons. The molecule has 1 heterocycles. The van der Waals surface area contributed by atoms with Crippen LogP contribution in [0.25, 0.3) is 0 Å². The Morgan fingerprint density at radius 1 is 1.43 bits per heavy atom. The monoisotopic (exact) mass is 232 g/mol. The molecule has 1 aliphatic rings. The van der Waals surface area contributed by atoms with Gasteiger partial charge in [-0.1, -0.05) is 0 Å². The van der Waals surface area contributed by atoms with Crippen molar-refractivity contribution in [3.8, 4) is 0 Å². The van der Waals surface area contributed by atoms with Gasteiger partial charge in [0.2, 0.25) is 0 Å². The van der Waals surface area contributed by atoms with Crippen LogP contribution in [0, 0.1) is 0 Å². The second-order valence-electron chi connectivity index (χ2n) is 2.79. The number of phosphoric acid groups is 1. The number of hydrogen-bond acceptors (Lipinski definition) is 5. The number of phosphoric ester groups is 1. The minimum Gasteiger partial charge on any atom is -0.385 e. The molecular formula is C5H10FO7P. The largest absolute Gasteiger partial charge is 0.469 e. The summed E-state index contributed by atoms with van der Waals surface area (Å²) in [5, 5.41) is 17.7. The van der Waals surface area contributed by atoms with Gasteiger partial charge in [0, 0.05) is 0 Å². The van der Waals surface area contributed by atoms with Gasteiger partial charge in [0.15, 0.2) is 12.5 Å². The van der Waals surface area contributed by atoms with Gasteiger partial charge in [0.25, 0.3) is 0 Å². The fourth-order valence-electron chi connectivity index (χ4n) is 1.01. The Kier molecular flexibility index (Phi) is 3.59. The van der Waals surface area contributed by atoms with Crippen molar-refractivity contribution >= 4 is 7.82 Å². The number of alkyl halides is 1. The maximum atomic E-state index is 12.9. The third kappa shape index (κ3) is 2.96. The Labute approximate surface area is 78.3 Å². The summed E-state index contributed by atoms with van der Waals surface area (Å²) in [4.78, 5) is 16.6. The third-order valence-electron chi connectivity index (χ3n) is 1.69. The Morgan fingerprint density at radius 2 is 2.00 bits per heavy atom. The highest BCUT2D eigenvalue weighted by Crippen LogP contribution is 2.37. The molecule has 0 amide bonds. The van der Waals surface area contributed by atoms with Crippen molar-refractivity contribution < 1.29 is 38.2 Å². The van der Waals surface area contributed by atoms with E-state index in [1.807, 2.05) is 0 Å². The van der Waals surface area contributed by atoms with Crippen LogP contribution in [-0.2, 0) is 13.8 Å². The van der Waals surface area contributed by atoms with Gasteiger partial charge in [-0.05, 0) is 0 Å². The van der Waals surface area contributed by atoms with E-state index in [0.29, 0.717) is 0 Å². The number of aliphatic hydroxyl groups excluding tert-OH is 2. The number of rotatable bonds is 3. The Bertz CT molecular complexity index is 242. The van der Waals surface area contributed by atoms with Crippen molar-refractivity contribution in [3.63, 3.8) is 0 Å². The molecule has 4 unspecified atom stereocenters. The van der Waals surface area contributed by atoms with E-state index in [1.54, 1.807) is 0 Å². The first-order valence-corrected chi connectivity index (χ1v) is 5.20. The van der Waals surface area contributed by atoms with E-state index in [-0.39, 0.29) is 0 Å². The van der Waals surface area contributed by atoms with Crippen LogP contribution in [0.3, 0.4) is 0 Å². The summed E-state index contributed by atoms with van der Waals surface area (Å²) in [5.74, 6) is 0. The van der Waals surface area contributed by atoms with Gasteiger partial charge in [-0.25, -0.2) is 8.96 Å². The highest BCUT2D eigenvalue weighted by atomic mass is 31.2. The molecule has 7 nitrogen and oxygen atoms in total. The van der Waals surface area contributed by atoms with E-state index >= 15 is 0 Å². The minimum atomic E-state index is -4.69. The summed E-state index contributed by atoms with van der Waals surface area (Å²) in [7, 11) is -4.69. The molecule has 0 saturated carbocycles. The average molecular weight is 232 g/mol. The minimum absolute atomic E-state index is 0.737. The second-order valence-corrected chi connectivity index (χ2v) is 4.03. The molecule has 4 N–H and O–H groups in total. The molecule has 1 fully saturated rings. The van der Waals surface area contributed by atoms with Gasteiger partial charge in [-0.3, -0.25) is 4.52 Å². The lowest BCUT2D eigenvalue weighted by Crippen LogP contribution is -2.30. The van der Waals surface area contributed by atoms with Gasteiger partial charge >= 0.3 is 7.82 Å². The first-order chi connectivity index (χ1) is 6.31. The summed E-state index contributed by atoms with van der Waals surface area (Å²) >= 11 is 0. The molecule has 0 aromatic heterocycles. The molecule has 9 heteroatoms. The Hall–Kier alpha value is -0.0800. The topological polar surface area (TPSA) is 116 Å². The van der Waals surface area contributed by atoms with Crippen LogP contribution < -0.4 is 0 Å². The highest BCUT2D eigenvalue weighted by Gasteiger charge is 2.44. The maximum absolute atomic E-state index is 12.9. The number of ether oxygens (including phenoxy) is 1. The van der Waals surface area contributed by atoms with Crippen molar-refractivity contribution in [2.75, 3.05) is 6.61 Å². The van der Waals surface area contributed by atoms with Crippen molar-refractivity contribution in [1.29, 1.82) is 0 Å². The van der Waals surface area contributed by atoms with E-state index in [1.165, 1.54) is 0 Å². The molecule has 0 spiro atoms. The quantitative estimate of drug-likeness (QED) is 0.438. The van der Waals surface area contributed by atoms with E-state index in [2.05, 4.69) is 9.26 Å². The number of halogens is 1. The smallest absolute Gasteiger partial charge is 0.385 e. The molecule has 14 heavy (non-hydrogen) atoms. The molecule has 0 aromatic rings. The van der Waals surface area contributed by atoms with E-state index in [0.717, 1.165) is 0 Å². The van der Waals surface area contributed by atoms with Crippen molar-refractivity contribution in [1.82, 2.24) is 0 Å². The standard InChI is InChI=1S/C5H10FO7P/c6-3-2(1-12-14(9,10)11)13-5(8)4(3)7/h2-5,7-8H,1H2,(H2,9,10,11). The third-order valence-corrected chi connectivity index (χ3v) is 2.18. The van der Waals surface area contributed by atoms with E-state index < -0.39 is 39.1 Å². The molecule has 1 rings (SSSR count). The summed E-state index contributed by atoms with van der Waals surface area (Å²) in [5.41, 5.74) is 0. The van der Waals surface area contributed by atoms with Gasteiger partial charge in [0.1, 0.15) is 12.2 Å². The predicted octanol–water partition coefficient (Wildman–Crippen LogP) is -1.49. The van der Waals surface area contributed by atoms with Gasteiger partial charge < -0.3 is 24.7 Å². The molecule has 0 radical (unpaired) electrons. The molecular weight excluding hydrogens is 222 g/mol. The van der Waals surface area contributed by atoms with Crippen LogP contribution in [-0.4, -0.2) is 51.3 Å². The fraction of sp³-hybridized carbons (Fsp3) is 1.00. The van der Waals surface area contributed by atoms with Crippen molar-refractivity contribution in [2.45, 2.75) is 24.7 Å². The zero-order valence-electron chi connectivity index (χ0n) is 6.86. The fourth-order valence-corrected chi connectivity index (χ4v) is 1.35. The lowest BCUT2D eigenvalue weighted by molar-refractivity contribution is -0.132. The molecule has 0 bridgehead atoms. The average Bonchev–Trinajstić information content (AvgIpc) is 2.28. The molecule has 1 saturated heterocycles. The normalized spacial score (nSPS) is 38.9. The lowest BCUT2D eigenvalue weighted by Gasteiger charge is -2.12. The van der Waals surface area contributed by atoms with Crippen LogP contribution >= 0.6 is 7.82 Å². The summed E-state index contributed by atoms with van der Waals surface area (Å²) in [6.07, 6.45) is -6.74. The predicted molar refractivity (Wildman–Crippen MR) is 39.8 cm³/mol. The summed E-state index contributed by atoms with van der Waals surface area (Å²) in [6, 6.07) is 0. The Balaban J connectivity index is 2.44. The highest BCUT2D eigenvalue weighted by molar-refractivity contribution is 7.46.